The molecule has 1 aliphatic heterocycles. The summed E-state index contributed by atoms with van der Waals surface area (Å²) in [6, 6.07) is 0. The van der Waals surface area contributed by atoms with Gasteiger partial charge in [-0.3, -0.25) is 19.2 Å². The minimum Gasteiger partial charge on any atom is -0.479 e. The van der Waals surface area contributed by atoms with Crippen LogP contribution < -0.4 is 0 Å². The highest BCUT2D eigenvalue weighted by atomic mass is 16.7. The topological polar surface area (TPSA) is 163 Å². The first kappa shape index (κ1) is 40.9. The van der Waals surface area contributed by atoms with Crippen LogP contribution in [0.2, 0.25) is 0 Å². The molecule has 6 rings (SSSR count). The number of carbonyl (C=O) groups is 5. The Balaban J connectivity index is 1.35. The molecule has 8 unspecified atom stereocenters. The average Bonchev–Trinajstić information content (AvgIpc) is 3.43. The average molecular weight is 757 g/mol. The van der Waals surface area contributed by atoms with E-state index in [4.69, 9.17) is 18.9 Å². The lowest BCUT2D eigenvalue weighted by atomic mass is 9.32. The number of hydrogen-bond acceptors (Lipinski definition) is 10. The third kappa shape index (κ3) is 6.26. The van der Waals surface area contributed by atoms with E-state index in [0.29, 0.717) is 30.0 Å². The van der Waals surface area contributed by atoms with Gasteiger partial charge < -0.3 is 29.2 Å². The number of ketones is 1. The molecule has 0 bridgehead atoms. The minimum atomic E-state index is -1.79. The Hall–Kier alpha value is -2.79. The molecule has 5 saturated carbocycles. The quantitative estimate of drug-likeness (QED) is 0.156. The Morgan fingerprint density at radius 2 is 1.39 bits per heavy atom. The van der Waals surface area contributed by atoms with E-state index < -0.39 is 60.5 Å². The minimum absolute atomic E-state index is 0.0142. The van der Waals surface area contributed by atoms with Crippen LogP contribution >= 0.6 is 0 Å². The lowest BCUT2D eigenvalue weighted by Gasteiger charge is -2.72. The van der Waals surface area contributed by atoms with Crippen molar-refractivity contribution in [3.63, 3.8) is 0 Å². The van der Waals surface area contributed by atoms with Gasteiger partial charge in [-0.05, 0) is 122 Å². The lowest BCUT2D eigenvalue weighted by Crippen LogP contribution is -2.67. The van der Waals surface area contributed by atoms with Crippen molar-refractivity contribution in [2.24, 2.45) is 56.7 Å². The van der Waals surface area contributed by atoms with Crippen molar-refractivity contribution in [2.75, 3.05) is 0 Å². The zero-order valence-corrected chi connectivity index (χ0v) is 33.9. The molecule has 0 aromatic rings. The first-order valence-electron chi connectivity index (χ1n) is 20.3. The van der Waals surface area contributed by atoms with Crippen LogP contribution in [-0.4, -0.2) is 76.5 Å². The highest BCUT2D eigenvalue weighted by molar-refractivity contribution is 5.85. The molecule has 5 aliphatic carbocycles. The van der Waals surface area contributed by atoms with Gasteiger partial charge in [0, 0.05) is 32.6 Å². The van der Waals surface area contributed by atoms with Gasteiger partial charge in [-0.1, -0.05) is 46.8 Å². The maximum Gasteiger partial charge on any atom is 0.336 e. The maximum atomic E-state index is 13.2. The summed E-state index contributed by atoms with van der Waals surface area (Å²) in [5.74, 6) is -1.78. The van der Waals surface area contributed by atoms with Crippen molar-refractivity contribution in [3.05, 3.63) is 12.2 Å². The monoisotopic (exact) mass is 756 g/mol. The molecule has 11 nitrogen and oxygen atoms in total. The van der Waals surface area contributed by atoms with Gasteiger partial charge in [0.05, 0.1) is 6.10 Å². The smallest absolute Gasteiger partial charge is 0.336 e. The van der Waals surface area contributed by atoms with Crippen LogP contribution in [0, 0.1) is 56.7 Å². The first-order valence-corrected chi connectivity index (χ1v) is 20.3. The van der Waals surface area contributed by atoms with E-state index in [9.17, 15) is 34.2 Å². The van der Waals surface area contributed by atoms with Gasteiger partial charge in [0.15, 0.2) is 24.4 Å². The zero-order chi connectivity index (χ0) is 39.9. The van der Waals surface area contributed by atoms with Crippen molar-refractivity contribution < 1.29 is 53.1 Å². The molecule has 1 saturated heterocycles. The third-order valence-corrected chi connectivity index (χ3v) is 16.7. The van der Waals surface area contributed by atoms with Crippen LogP contribution in [0.1, 0.15) is 133 Å². The van der Waals surface area contributed by atoms with Crippen LogP contribution in [0.4, 0.5) is 0 Å². The fourth-order valence-corrected chi connectivity index (χ4v) is 14.3. The number of aliphatic carboxylic acids is 1. The summed E-state index contributed by atoms with van der Waals surface area (Å²) in [6.45, 7) is 21.9. The van der Waals surface area contributed by atoms with Gasteiger partial charge in [-0.2, -0.15) is 0 Å². The molecular weight excluding hydrogens is 692 g/mol. The molecular formula is C43H64O11. The largest absolute Gasteiger partial charge is 0.479 e. The normalized spacial score (nSPS) is 45.7. The molecule has 15 atom stereocenters. The number of fused-ring (bicyclic) bond motifs is 7. The number of carboxylic acids is 1. The Morgan fingerprint density at radius 3 is 1.98 bits per heavy atom. The number of Topliss-reactive ketones (excluding diaryl/α,β-unsaturated/α-hetero) is 1. The number of aliphatic hydroxyl groups is 1. The second kappa shape index (κ2) is 14.0. The molecule has 0 radical (unpaired) electrons. The number of carboxylic acid groups (broad SMARTS) is 1. The van der Waals surface area contributed by atoms with Crippen LogP contribution in [0.25, 0.3) is 0 Å². The summed E-state index contributed by atoms with van der Waals surface area (Å²) in [5, 5.41) is 22.6. The number of aliphatic hydroxyl groups excluding tert-OH is 1. The van der Waals surface area contributed by atoms with E-state index in [1.165, 1.54) is 6.92 Å². The Morgan fingerprint density at radius 1 is 0.778 bits per heavy atom. The fourth-order valence-electron chi connectivity index (χ4n) is 14.3. The van der Waals surface area contributed by atoms with Gasteiger partial charge in [0.2, 0.25) is 0 Å². The molecule has 54 heavy (non-hydrogen) atoms. The van der Waals surface area contributed by atoms with E-state index in [0.717, 1.165) is 77.2 Å². The number of allylic oxidation sites excluding steroid dienone is 1. The molecule has 6 fully saturated rings. The van der Waals surface area contributed by atoms with Gasteiger partial charge in [0.1, 0.15) is 11.9 Å². The van der Waals surface area contributed by atoms with E-state index in [-0.39, 0.29) is 45.3 Å². The summed E-state index contributed by atoms with van der Waals surface area (Å²) in [7, 11) is 0. The fraction of sp³-hybridized carbons (Fsp3) is 0.837. The van der Waals surface area contributed by atoms with Crippen molar-refractivity contribution in [1.29, 1.82) is 0 Å². The summed E-state index contributed by atoms with van der Waals surface area (Å²) in [5.41, 5.74) is 0.643. The number of carbonyl (C=O) groups excluding carboxylic acids is 4. The van der Waals surface area contributed by atoms with Gasteiger partial charge in [-0.25, -0.2) is 4.79 Å². The second-order valence-corrected chi connectivity index (χ2v) is 19.5. The molecule has 0 spiro atoms. The van der Waals surface area contributed by atoms with Crippen molar-refractivity contribution in [1.82, 2.24) is 0 Å². The predicted octanol–water partition coefficient (Wildman–Crippen LogP) is 6.61. The third-order valence-electron chi connectivity index (χ3n) is 16.7. The van der Waals surface area contributed by atoms with Crippen molar-refractivity contribution in [3.8, 4) is 0 Å². The second-order valence-electron chi connectivity index (χ2n) is 19.5. The Kier molecular flexibility index (Phi) is 10.6. The molecule has 0 aromatic carbocycles. The summed E-state index contributed by atoms with van der Waals surface area (Å²) < 4.78 is 22.6. The van der Waals surface area contributed by atoms with Gasteiger partial charge >= 0.3 is 23.9 Å². The van der Waals surface area contributed by atoms with Crippen molar-refractivity contribution >= 4 is 29.7 Å². The van der Waals surface area contributed by atoms with Crippen LogP contribution in [0.5, 0.6) is 0 Å². The molecule has 302 valence electrons. The number of hydrogen-bond donors (Lipinski definition) is 2. The van der Waals surface area contributed by atoms with Crippen LogP contribution in [0.3, 0.4) is 0 Å². The lowest BCUT2D eigenvalue weighted by molar-refractivity contribution is -0.265. The molecule has 11 heteroatoms. The summed E-state index contributed by atoms with van der Waals surface area (Å²) in [4.78, 5) is 62.8. The molecule has 1 heterocycles. The molecule has 0 aromatic heterocycles. The van der Waals surface area contributed by atoms with E-state index in [1.807, 2.05) is 0 Å². The molecule has 0 amide bonds. The maximum absolute atomic E-state index is 13.2. The molecule has 6 aliphatic rings. The highest BCUT2D eigenvalue weighted by Crippen LogP contribution is 2.77. The standard InChI is InChI=1S/C43H64O11/c1-22(2)26-13-18-43(21-28(47)33-34(51-23(3)44)35(52-24(4)45)36(53-25(5)46)37(54-33)38(49)50)20-19-41(9)27(32(26)43)11-12-30-40(8)16-15-31(48)39(6,7)29(40)14-17-42(30,41)10/h26-30,32-37,47H,1,11-21H2,2-10H3,(H,49,50)/t26-,27?,28?,29?,30?,32?,33-,34?,35?,36-,37?,40-,41+,42+,43+/m0/s1. The predicted molar refractivity (Wildman–Crippen MR) is 198 cm³/mol. The van der Waals surface area contributed by atoms with Crippen LogP contribution in [-0.2, 0) is 42.9 Å². The van der Waals surface area contributed by atoms with E-state index in [1.54, 1.807) is 0 Å². The van der Waals surface area contributed by atoms with E-state index in [2.05, 4.69) is 48.1 Å². The summed E-state index contributed by atoms with van der Waals surface area (Å²) in [6.07, 6.45) is 0.715. The Labute approximate surface area is 320 Å². The van der Waals surface area contributed by atoms with Gasteiger partial charge in [-0.15, -0.1) is 0 Å². The number of rotatable bonds is 8. The number of esters is 3. The zero-order valence-electron chi connectivity index (χ0n) is 33.9. The summed E-state index contributed by atoms with van der Waals surface area (Å²) >= 11 is 0. The van der Waals surface area contributed by atoms with E-state index >= 15 is 0 Å². The Bertz CT molecular complexity index is 1570. The number of ether oxygens (including phenoxy) is 4. The highest BCUT2D eigenvalue weighted by Gasteiger charge is 2.71. The SMILES string of the molecule is C=C(C)[C@@H]1CC[C@]2(CC(O)[C@@H]3OC(C(=O)O)[C@@H](OC(C)=O)C(OC(C)=O)C3OC(C)=O)CC[C@]3(C)C(CCC4[C@@]5(C)CCC(=O)C(C)(C)C5CC[C@]43C)C12. The van der Waals surface area contributed by atoms with Gasteiger partial charge in [0.25, 0.3) is 0 Å². The first-order chi connectivity index (χ1) is 25.0. The molecule has 2 N–H and O–H groups in total. The van der Waals surface area contributed by atoms with Crippen LogP contribution in [0.15, 0.2) is 12.2 Å². The van der Waals surface area contributed by atoms with Crippen molar-refractivity contribution in [2.45, 2.75) is 170 Å².